The molecule has 0 bridgehead atoms. The van der Waals surface area contributed by atoms with Crippen LogP contribution in [0, 0.1) is 5.41 Å². The molecule has 0 radical (unpaired) electrons. The summed E-state index contributed by atoms with van der Waals surface area (Å²) in [6.07, 6.45) is 2.32. The molecule has 0 unspecified atom stereocenters. The van der Waals surface area contributed by atoms with E-state index in [1.165, 1.54) is 4.57 Å². The van der Waals surface area contributed by atoms with Crippen molar-refractivity contribution in [2.75, 3.05) is 18.5 Å². The van der Waals surface area contributed by atoms with E-state index in [-0.39, 0.29) is 16.8 Å². The van der Waals surface area contributed by atoms with E-state index in [9.17, 15) is 14.4 Å². The number of ether oxygens (including phenoxy) is 2. The summed E-state index contributed by atoms with van der Waals surface area (Å²) in [4.78, 5) is 40.2. The third-order valence-electron chi connectivity index (χ3n) is 6.04. The zero-order valence-corrected chi connectivity index (χ0v) is 19.6. The van der Waals surface area contributed by atoms with Crippen LogP contribution in [0.3, 0.4) is 0 Å². The highest BCUT2D eigenvalue weighted by atomic mass is 35.5. The summed E-state index contributed by atoms with van der Waals surface area (Å²) < 4.78 is 12.5. The van der Waals surface area contributed by atoms with Crippen LogP contribution in [0.15, 0.2) is 53.5 Å². The second-order valence-electron chi connectivity index (χ2n) is 9.30. The van der Waals surface area contributed by atoms with Crippen molar-refractivity contribution in [3.63, 3.8) is 0 Å². The van der Waals surface area contributed by atoms with Gasteiger partial charge in [-0.1, -0.05) is 25.4 Å². The lowest BCUT2D eigenvalue weighted by Crippen LogP contribution is -2.37. The smallest absolute Gasteiger partial charge is 0.268 e. The van der Waals surface area contributed by atoms with Crippen molar-refractivity contribution in [2.24, 2.45) is 5.41 Å². The maximum atomic E-state index is 13.6. The number of Topliss-reactive ketones (excluding diaryl/α,β-unsaturated/α-hetero) is 1. The molecule has 34 heavy (non-hydrogen) atoms. The van der Waals surface area contributed by atoms with Gasteiger partial charge in [0.15, 0.2) is 17.3 Å². The molecule has 1 aliphatic heterocycles. The normalized spacial score (nSPS) is 16.0. The Morgan fingerprint density at radius 2 is 1.71 bits per heavy atom. The molecular formula is C26H23ClN2O5. The number of anilines is 1. The number of nitrogens with zero attached hydrogens (tertiary/aromatic N) is 1. The Hall–Kier alpha value is -3.58. The minimum absolute atomic E-state index is 0.0385. The van der Waals surface area contributed by atoms with Gasteiger partial charge in [-0.25, -0.2) is 0 Å². The molecule has 1 amide bonds. The molecule has 8 heteroatoms. The molecule has 0 saturated carbocycles. The Bertz CT molecular complexity index is 1380. The van der Waals surface area contributed by atoms with Crippen LogP contribution in [0.25, 0.3) is 5.69 Å². The number of fused-ring (bicyclic) bond motifs is 2. The number of aromatic nitrogens is 1. The van der Waals surface area contributed by atoms with Crippen molar-refractivity contribution >= 4 is 29.0 Å². The molecule has 1 aromatic heterocycles. The number of nitrogens with one attached hydrogen (secondary N) is 1. The second kappa shape index (κ2) is 8.33. The number of carbonyl (C=O) groups is 2. The number of hydrogen-bond donors (Lipinski definition) is 1. The monoisotopic (exact) mass is 478 g/mol. The number of rotatable bonds is 3. The van der Waals surface area contributed by atoms with Gasteiger partial charge in [-0.05, 0) is 53.8 Å². The fourth-order valence-corrected chi connectivity index (χ4v) is 4.61. The second-order valence-corrected chi connectivity index (χ2v) is 9.74. The van der Waals surface area contributed by atoms with Crippen molar-refractivity contribution in [3.8, 4) is 17.2 Å². The van der Waals surface area contributed by atoms with Gasteiger partial charge in [0.25, 0.3) is 11.5 Å². The topological polar surface area (TPSA) is 86.6 Å². The lowest BCUT2D eigenvalue weighted by molar-refractivity contribution is 0.0910. The maximum absolute atomic E-state index is 13.6. The van der Waals surface area contributed by atoms with Crippen LogP contribution in [0.2, 0.25) is 5.02 Å². The van der Waals surface area contributed by atoms with Gasteiger partial charge in [-0.15, -0.1) is 0 Å². The van der Waals surface area contributed by atoms with Crippen molar-refractivity contribution in [3.05, 3.63) is 80.7 Å². The standard InChI is InChI=1S/C26H23ClN2O5/c1-26(2)12-18-19(20(30)13-26)14-29(17-6-3-15(27)4-7-17)25(32)23(18)24(31)28-16-5-8-21-22(11-16)34-10-9-33-21/h3-8,11,14H,9-10,12-13H2,1-2H3,(H,28,31). The first kappa shape index (κ1) is 22.2. The van der Waals surface area contributed by atoms with Crippen LogP contribution in [-0.4, -0.2) is 29.5 Å². The zero-order chi connectivity index (χ0) is 24.0. The zero-order valence-electron chi connectivity index (χ0n) is 18.8. The summed E-state index contributed by atoms with van der Waals surface area (Å²) in [6, 6.07) is 11.7. The van der Waals surface area contributed by atoms with Gasteiger partial charge < -0.3 is 14.8 Å². The first-order chi connectivity index (χ1) is 16.2. The fourth-order valence-electron chi connectivity index (χ4n) is 4.49. The van der Waals surface area contributed by atoms with Gasteiger partial charge in [-0.2, -0.15) is 0 Å². The molecule has 7 nitrogen and oxygen atoms in total. The lowest BCUT2D eigenvalue weighted by atomic mass is 9.73. The summed E-state index contributed by atoms with van der Waals surface area (Å²) in [6.45, 7) is 4.80. The highest BCUT2D eigenvalue weighted by Crippen LogP contribution is 2.37. The Balaban J connectivity index is 1.62. The van der Waals surface area contributed by atoms with Crippen LogP contribution in [0.1, 0.15) is 46.5 Å². The molecule has 0 spiro atoms. The lowest BCUT2D eigenvalue weighted by Gasteiger charge is -2.31. The summed E-state index contributed by atoms with van der Waals surface area (Å²) >= 11 is 6.01. The van der Waals surface area contributed by atoms with Crippen LogP contribution < -0.4 is 20.3 Å². The van der Waals surface area contributed by atoms with Crippen LogP contribution in [-0.2, 0) is 6.42 Å². The summed E-state index contributed by atoms with van der Waals surface area (Å²) in [7, 11) is 0. The summed E-state index contributed by atoms with van der Waals surface area (Å²) in [5, 5.41) is 3.33. The highest BCUT2D eigenvalue weighted by molar-refractivity contribution is 6.30. The Labute approximate surface area is 201 Å². The molecule has 1 N–H and O–H groups in total. The number of carbonyl (C=O) groups excluding carboxylic acids is 2. The molecule has 2 aromatic carbocycles. The first-order valence-electron chi connectivity index (χ1n) is 11.0. The van der Waals surface area contributed by atoms with Gasteiger partial charge in [0.1, 0.15) is 18.8 Å². The van der Waals surface area contributed by atoms with E-state index in [0.717, 1.165) is 0 Å². The molecule has 174 valence electrons. The number of ketones is 1. The molecule has 0 fully saturated rings. The minimum Gasteiger partial charge on any atom is -0.486 e. The van der Waals surface area contributed by atoms with Crippen LogP contribution >= 0.6 is 11.6 Å². The number of benzene rings is 2. The SMILES string of the molecule is CC1(C)CC(=O)c2cn(-c3ccc(Cl)cc3)c(=O)c(C(=O)Nc3ccc4c(c3)OCCO4)c2C1. The van der Waals surface area contributed by atoms with E-state index in [1.807, 2.05) is 13.8 Å². The van der Waals surface area contributed by atoms with Gasteiger partial charge >= 0.3 is 0 Å². The van der Waals surface area contributed by atoms with E-state index < -0.39 is 11.5 Å². The number of halogens is 1. The molecule has 5 rings (SSSR count). The van der Waals surface area contributed by atoms with Gasteiger partial charge in [0.2, 0.25) is 0 Å². The number of amides is 1. The third kappa shape index (κ3) is 4.07. The van der Waals surface area contributed by atoms with Crippen molar-refractivity contribution < 1.29 is 19.1 Å². The minimum atomic E-state index is -0.577. The number of pyridine rings is 1. The van der Waals surface area contributed by atoms with E-state index in [1.54, 1.807) is 48.7 Å². The Morgan fingerprint density at radius 3 is 2.44 bits per heavy atom. The fraction of sp³-hybridized carbons (Fsp3) is 0.269. The largest absolute Gasteiger partial charge is 0.486 e. The molecule has 0 saturated heterocycles. The van der Waals surface area contributed by atoms with Crippen LogP contribution in [0.4, 0.5) is 5.69 Å². The average molecular weight is 479 g/mol. The molecule has 3 aromatic rings. The predicted molar refractivity (Wildman–Crippen MR) is 129 cm³/mol. The van der Waals surface area contributed by atoms with Gasteiger partial charge in [0, 0.05) is 40.6 Å². The van der Waals surface area contributed by atoms with E-state index in [4.69, 9.17) is 21.1 Å². The third-order valence-corrected chi connectivity index (χ3v) is 6.30. The van der Waals surface area contributed by atoms with Gasteiger partial charge in [-0.3, -0.25) is 19.0 Å². The van der Waals surface area contributed by atoms with Crippen molar-refractivity contribution in [2.45, 2.75) is 26.7 Å². The summed E-state index contributed by atoms with van der Waals surface area (Å²) in [5.41, 5.74) is 0.946. The maximum Gasteiger partial charge on any atom is 0.268 e. The molecule has 1 aliphatic carbocycles. The summed E-state index contributed by atoms with van der Waals surface area (Å²) in [5.74, 6) is 0.446. The quantitative estimate of drug-likeness (QED) is 0.591. The molecule has 0 atom stereocenters. The average Bonchev–Trinajstić information content (AvgIpc) is 2.78. The highest BCUT2D eigenvalue weighted by Gasteiger charge is 2.36. The van der Waals surface area contributed by atoms with Crippen molar-refractivity contribution in [1.29, 1.82) is 0 Å². The van der Waals surface area contributed by atoms with E-state index in [2.05, 4.69) is 5.32 Å². The van der Waals surface area contributed by atoms with Crippen LogP contribution in [0.5, 0.6) is 11.5 Å². The molecule has 2 heterocycles. The van der Waals surface area contributed by atoms with Crippen molar-refractivity contribution in [1.82, 2.24) is 4.57 Å². The molecule has 2 aliphatic rings. The Morgan fingerprint density at radius 1 is 1.00 bits per heavy atom. The first-order valence-corrected chi connectivity index (χ1v) is 11.4. The predicted octanol–water partition coefficient (Wildman–Crippen LogP) is 4.67. The number of hydrogen-bond acceptors (Lipinski definition) is 5. The van der Waals surface area contributed by atoms with Gasteiger partial charge in [0.05, 0.1) is 0 Å². The van der Waals surface area contributed by atoms with E-state index in [0.29, 0.717) is 65.1 Å². The van der Waals surface area contributed by atoms with E-state index >= 15 is 0 Å². The Kier molecular flexibility index (Phi) is 5.44. The molecular weight excluding hydrogens is 456 g/mol.